The van der Waals surface area contributed by atoms with E-state index < -0.39 is 32.2 Å². The highest BCUT2D eigenvalue weighted by atomic mass is 32.2. The van der Waals surface area contributed by atoms with Crippen LogP contribution in [-0.4, -0.2) is 51.0 Å². The number of nitrogens with one attached hydrogen (secondary N) is 1. The van der Waals surface area contributed by atoms with Gasteiger partial charge in [0, 0.05) is 56.6 Å². The van der Waals surface area contributed by atoms with Gasteiger partial charge in [-0.05, 0) is 66.9 Å². The van der Waals surface area contributed by atoms with Gasteiger partial charge in [0.2, 0.25) is 0 Å². The lowest BCUT2D eigenvalue weighted by Gasteiger charge is -2.43. The number of sulfonamides is 1. The van der Waals surface area contributed by atoms with E-state index in [0.29, 0.717) is 37.0 Å². The lowest BCUT2D eigenvalue weighted by atomic mass is 9.83. The zero-order chi connectivity index (χ0) is 28.1. The van der Waals surface area contributed by atoms with Crippen molar-refractivity contribution in [3.05, 3.63) is 87.8 Å². The predicted molar refractivity (Wildman–Crippen MR) is 140 cm³/mol. The molecule has 39 heavy (non-hydrogen) atoms. The Bertz CT molecular complexity index is 1580. The minimum atomic E-state index is -4.71. The molecular weight excluding hydrogens is 533 g/mol. The fraction of sp³-hybridized carbons (Fsp3) is 0.333. The molecule has 1 amide bonds. The van der Waals surface area contributed by atoms with Crippen molar-refractivity contribution >= 4 is 27.3 Å². The summed E-state index contributed by atoms with van der Waals surface area (Å²) in [4.78, 5) is 29.6. The van der Waals surface area contributed by atoms with Gasteiger partial charge in [-0.1, -0.05) is 6.07 Å². The maximum absolute atomic E-state index is 13.3. The van der Waals surface area contributed by atoms with Crippen molar-refractivity contribution in [2.45, 2.75) is 30.0 Å². The van der Waals surface area contributed by atoms with E-state index in [1.165, 1.54) is 10.6 Å². The summed E-state index contributed by atoms with van der Waals surface area (Å²) in [6.45, 7) is 1.17. The maximum atomic E-state index is 13.3. The third-order valence-electron chi connectivity index (χ3n) is 7.24. The number of alkyl halides is 3. The SMILES string of the molecule is CN(C)c1ccc(C(=O)N2C[C@@H]3C[C@H](C2)c2ccc(NS(=O)(=O)c4cccc(C(F)(F)F)c4)c(=O)n2C3)cc1. The number of amides is 1. The molecule has 1 saturated heterocycles. The number of nitrogens with zero attached hydrogens (tertiary/aromatic N) is 3. The molecule has 3 heterocycles. The summed E-state index contributed by atoms with van der Waals surface area (Å²) in [5.41, 5.74) is 0.334. The van der Waals surface area contributed by atoms with Gasteiger partial charge in [-0.3, -0.25) is 14.3 Å². The highest BCUT2D eigenvalue weighted by molar-refractivity contribution is 7.92. The molecule has 8 nitrogen and oxygen atoms in total. The Morgan fingerprint density at radius 3 is 2.38 bits per heavy atom. The van der Waals surface area contributed by atoms with Gasteiger partial charge in [-0.2, -0.15) is 13.2 Å². The number of anilines is 2. The topological polar surface area (TPSA) is 91.7 Å². The lowest BCUT2D eigenvalue weighted by molar-refractivity contribution is -0.137. The van der Waals surface area contributed by atoms with Gasteiger partial charge in [-0.25, -0.2) is 8.42 Å². The van der Waals surface area contributed by atoms with Crippen molar-refractivity contribution in [2.75, 3.05) is 36.8 Å². The molecule has 3 aromatic rings. The van der Waals surface area contributed by atoms with Crippen LogP contribution < -0.4 is 15.2 Å². The van der Waals surface area contributed by atoms with Crippen molar-refractivity contribution < 1.29 is 26.4 Å². The van der Waals surface area contributed by atoms with E-state index in [-0.39, 0.29) is 23.4 Å². The van der Waals surface area contributed by atoms with E-state index in [4.69, 9.17) is 0 Å². The van der Waals surface area contributed by atoms with Gasteiger partial charge in [0.25, 0.3) is 21.5 Å². The summed E-state index contributed by atoms with van der Waals surface area (Å²) >= 11 is 0. The Morgan fingerprint density at radius 1 is 1.00 bits per heavy atom. The molecule has 2 aliphatic heterocycles. The molecule has 0 saturated carbocycles. The highest BCUT2D eigenvalue weighted by Crippen LogP contribution is 2.36. The number of fused-ring (bicyclic) bond motifs is 4. The quantitative estimate of drug-likeness (QED) is 0.510. The number of hydrogen-bond acceptors (Lipinski definition) is 5. The fourth-order valence-corrected chi connectivity index (χ4v) is 6.42. The first-order valence-corrected chi connectivity index (χ1v) is 13.8. The molecule has 0 spiro atoms. The summed E-state index contributed by atoms with van der Waals surface area (Å²) < 4.78 is 68.6. The van der Waals surface area contributed by atoms with Gasteiger partial charge < -0.3 is 14.4 Å². The van der Waals surface area contributed by atoms with Crippen LogP contribution in [0.25, 0.3) is 0 Å². The summed E-state index contributed by atoms with van der Waals surface area (Å²) in [5.74, 6) is -0.199. The van der Waals surface area contributed by atoms with E-state index in [9.17, 15) is 31.2 Å². The molecule has 0 radical (unpaired) electrons. The Balaban J connectivity index is 1.37. The second-order valence-electron chi connectivity index (χ2n) is 10.2. The minimum absolute atomic E-state index is 0.00530. The van der Waals surface area contributed by atoms with Gasteiger partial charge in [-0.15, -0.1) is 0 Å². The zero-order valence-corrected chi connectivity index (χ0v) is 22.1. The molecule has 2 atom stereocenters. The van der Waals surface area contributed by atoms with Crippen molar-refractivity contribution in [3.8, 4) is 0 Å². The molecule has 0 unspecified atom stereocenters. The van der Waals surface area contributed by atoms with Crippen LogP contribution in [0.3, 0.4) is 0 Å². The Labute approximate surface area is 223 Å². The Hall–Kier alpha value is -3.80. The number of benzene rings is 2. The third kappa shape index (κ3) is 5.25. The molecule has 2 aromatic carbocycles. The van der Waals surface area contributed by atoms with Gasteiger partial charge in [0.15, 0.2) is 0 Å². The van der Waals surface area contributed by atoms with Crippen molar-refractivity contribution in [1.29, 1.82) is 0 Å². The highest BCUT2D eigenvalue weighted by Gasteiger charge is 2.37. The Morgan fingerprint density at radius 2 is 1.72 bits per heavy atom. The number of aromatic nitrogens is 1. The second-order valence-corrected chi connectivity index (χ2v) is 11.9. The zero-order valence-electron chi connectivity index (χ0n) is 21.3. The summed E-state index contributed by atoms with van der Waals surface area (Å²) in [6, 6.07) is 13.7. The van der Waals surface area contributed by atoms with Crippen molar-refractivity contribution in [2.24, 2.45) is 5.92 Å². The number of hydrogen-bond donors (Lipinski definition) is 1. The van der Waals surface area contributed by atoms with Crippen molar-refractivity contribution in [1.82, 2.24) is 9.47 Å². The lowest BCUT2D eigenvalue weighted by Crippen LogP contribution is -2.49. The van der Waals surface area contributed by atoms with Crippen LogP contribution in [0.15, 0.2) is 70.4 Å². The van der Waals surface area contributed by atoms with Crippen LogP contribution in [0.5, 0.6) is 0 Å². The molecule has 12 heteroatoms. The molecule has 1 N–H and O–H groups in total. The van der Waals surface area contributed by atoms with E-state index >= 15 is 0 Å². The normalized spacial score (nSPS) is 18.8. The molecule has 5 rings (SSSR count). The van der Waals surface area contributed by atoms with Crippen LogP contribution in [0.4, 0.5) is 24.5 Å². The number of likely N-dealkylation sites (tertiary alicyclic amines) is 1. The number of rotatable bonds is 5. The number of carbonyl (C=O) groups excluding carboxylic acids is 1. The van der Waals surface area contributed by atoms with Gasteiger partial charge >= 0.3 is 6.18 Å². The molecular formula is C27H27F3N4O4S. The Kier molecular flexibility index (Phi) is 6.69. The fourth-order valence-electron chi connectivity index (χ4n) is 5.32. The van der Waals surface area contributed by atoms with Crippen LogP contribution in [0.2, 0.25) is 0 Å². The average molecular weight is 561 g/mol. The summed E-state index contributed by atoms with van der Waals surface area (Å²) in [6.07, 6.45) is -3.92. The standard InChI is InChI=1S/C27H27F3N4O4S/c1-32(2)21-8-6-18(7-9-21)25(35)33-14-17-12-19(16-33)24-11-10-23(26(36)34(24)15-17)31-39(37,38)22-5-3-4-20(13-22)27(28,29)30/h3-11,13,17,19,31H,12,14-16H2,1-2H3/t17-,19+/m0/s1. The first-order chi connectivity index (χ1) is 18.3. The maximum Gasteiger partial charge on any atom is 0.416 e. The molecule has 206 valence electrons. The molecule has 2 aliphatic rings. The molecule has 0 aliphatic carbocycles. The first-order valence-electron chi connectivity index (χ1n) is 12.3. The van der Waals surface area contributed by atoms with Crippen LogP contribution in [-0.2, 0) is 22.7 Å². The second kappa shape index (κ2) is 9.74. The van der Waals surface area contributed by atoms with E-state index in [2.05, 4.69) is 4.72 Å². The molecule has 2 bridgehead atoms. The predicted octanol–water partition coefficient (Wildman–Crippen LogP) is 3.99. The number of halogens is 3. The number of piperidine rings is 1. The minimum Gasteiger partial charge on any atom is -0.378 e. The smallest absolute Gasteiger partial charge is 0.378 e. The first kappa shape index (κ1) is 26.8. The monoisotopic (exact) mass is 560 g/mol. The van der Waals surface area contributed by atoms with Crippen LogP contribution in [0.1, 0.15) is 34.0 Å². The molecule has 1 aromatic heterocycles. The third-order valence-corrected chi connectivity index (χ3v) is 8.60. The largest absolute Gasteiger partial charge is 0.416 e. The van der Waals surface area contributed by atoms with E-state index in [0.717, 1.165) is 30.3 Å². The van der Waals surface area contributed by atoms with Gasteiger partial charge in [0.1, 0.15) is 5.69 Å². The van der Waals surface area contributed by atoms with Crippen LogP contribution in [0, 0.1) is 5.92 Å². The number of carbonyl (C=O) groups is 1. The average Bonchev–Trinajstić information content (AvgIpc) is 2.89. The molecule has 1 fully saturated rings. The summed E-state index contributed by atoms with van der Waals surface area (Å²) in [5, 5.41) is 0. The van der Waals surface area contributed by atoms with E-state index in [1.54, 1.807) is 23.1 Å². The van der Waals surface area contributed by atoms with Crippen molar-refractivity contribution in [3.63, 3.8) is 0 Å². The van der Waals surface area contributed by atoms with E-state index in [1.807, 2.05) is 31.1 Å². The van der Waals surface area contributed by atoms with Gasteiger partial charge in [0.05, 0.1) is 10.5 Å². The summed E-state index contributed by atoms with van der Waals surface area (Å²) in [7, 11) is -0.601. The van der Waals surface area contributed by atoms with Crippen LogP contribution >= 0.6 is 0 Å². The number of pyridine rings is 1.